The monoisotopic (exact) mass is 347 g/mol. The fourth-order valence-electron chi connectivity index (χ4n) is 2.95. The minimum Gasteiger partial charge on any atom is -0.534 e. The van der Waals surface area contributed by atoms with Gasteiger partial charge >= 0.3 is 13.1 Å². The van der Waals surface area contributed by atoms with Crippen LogP contribution in [0.4, 0.5) is 0 Å². The van der Waals surface area contributed by atoms with Crippen LogP contribution in [0.3, 0.4) is 0 Å². The Bertz CT molecular complexity index is 713. The zero-order valence-electron chi connectivity index (χ0n) is 13.4. The van der Waals surface area contributed by atoms with Crippen molar-refractivity contribution in [3.05, 3.63) is 29.3 Å². The number of fused-ring (bicyclic) bond motifs is 1. The first-order valence-corrected chi connectivity index (χ1v) is 7.93. The summed E-state index contributed by atoms with van der Waals surface area (Å²) in [5.41, 5.74) is 0.557. The van der Waals surface area contributed by atoms with Crippen LogP contribution in [-0.4, -0.2) is 72.1 Å². The molecule has 9 nitrogen and oxygen atoms in total. The van der Waals surface area contributed by atoms with Gasteiger partial charge in [-0.05, 0) is 18.1 Å². The van der Waals surface area contributed by atoms with E-state index in [0.29, 0.717) is 18.7 Å². The average molecular weight is 347 g/mol. The van der Waals surface area contributed by atoms with E-state index < -0.39 is 24.9 Å². The highest BCUT2D eigenvalue weighted by Gasteiger charge is 2.38. The summed E-state index contributed by atoms with van der Waals surface area (Å²) in [7, 11) is -1.37. The molecule has 0 saturated carbocycles. The highest BCUT2D eigenvalue weighted by Crippen LogP contribution is 2.30. The maximum Gasteiger partial charge on any atom is 0.547 e. The number of nitrogens with zero attached hydrogens (tertiary/aromatic N) is 1. The number of nitrogens with one attached hydrogen (secondary N) is 2. The highest BCUT2D eigenvalue weighted by molar-refractivity contribution is 6.47. The second-order valence-corrected chi connectivity index (χ2v) is 5.98. The Kier molecular flexibility index (Phi) is 4.91. The smallest absolute Gasteiger partial charge is 0.534 e. The molecule has 25 heavy (non-hydrogen) atoms. The van der Waals surface area contributed by atoms with Crippen LogP contribution < -0.4 is 15.3 Å². The molecular weight excluding hydrogens is 329 g/mol. The summed E-state index contributed by atoms with van der Waals surface area (Å²) in [6, 6.07) is 4.66. The maximum atomic E-state index is 12.2. The topological polar surface area (TPSA) is 128 Å². The number of carbonyl (C=O) groups excluding carboxylic acids is 2. The van der Waals surface area contributed by atoms with E-state index in [0.717, 1.165) is 0 Å². The zero-order chi connectivity index (χ0) is 18.0. The first-order valence-electron chi connectivity index (χ1n) is 7.93. The van der Waals surface area contributed by atoms with Crippen molar-refractivity contribution in [2.45, 2.75) is 12.4 Å². The Morgan fingerprint density at radius 2 is 2.24 bits per heavy atom. The lowest BCUT2D eigenvalue weighted by atomic mass is 9.72. The lowest BCUT2D eigenvalue weighted by Crippen LogP contribution is -2.57. The third kappa shape index (κ3) is 3.75. The molecule has 2 aliphatic heterocycles. The van der Waals surface area contributed by atoms with Crippen molar-refractivity contribution >= 4 is 24.9 Å². The molecule has 132 valence electrons. The molecular formula is C15H18BN3O6. The number of benzene rings is 1. The Morgan fingerprint density at radius 3 is 2.96 bits per heavy atom. The lowest BCUT2D eigenvalue weighted by molar-refractivity contribution is -0.136. The van der Waals surface area contributed by atoms with Gasteiger partial charge in [0.15, 0.2) is 0 Å². The highest BCUT2D eigenvalue weighted by atomic mass is 16.5. The van der Waals surface area contributed by atoms with Gasteiger partial charge in [-0.1, -0.05) is 12.1 Å². The Balaban J connectivity index is 1.66. The summed E-state index contributed by atoms with van der Waals surface area (Å²) in [5.74, 6) is -2.31. The zero-order valence-corrected chi connectivity index (χ0v) is 13.4. The van der Waals surface area contributed by atoms with Gasteiger partial charge in [0.2, 0.25) is 11.8 Å². The minimum absolute atomic E-state index is 0.0345. The van der Waals surface area contributed by atoms with Gasteiger partial charge in [0.25, 0.3) is 0 Å². The summed E-state index contributed by atoms with van der Waals surface area (Å²) in [6.45, 7) is 1.18. The molecule has 4 N–H and O–H groups in total. The van der Waals surface area contributed by atoms with E-state index in [-0.39, 0.29) is 36.7 Å². The van der Waals surface area contributed by atoms with Gasteiger partial charge in [0, 0.05) is 13.1 Å². The summed E-state index contributed by atoms with van der Waals surface area (Å²) >= 11 is 0. The second-order valence-electron chi connectivity index (χ2n) is 5.98. The fourth-order valence-corrected chi connectivity index (χ4v) is 2.95. The number of aromatic carboxylic acids is 1. The average Bonchev–Trinajstić information content (AvgIpc) is 2.57. The maximum absolute atomic E-state index is 12.2. The van der Waals surface area contributed by atoms with Gasteiger partial charge in [-0.3, -0.25) is 9.59 Å². The van der Waals surface area contributed by atoms with Crippen LogP contribution in [0.15, 0.2) is 18.2 Å². The number of hydrogen-bond acceptors (Lipinski definition) is 6. The second kappa shape index (κ2) is 7.12. The number of piperazine rings is 1. The molecule has 2 heterocycles. The van der Waals surface area contributed by atoms with Gasteiger partial charge in [0.1, 0.15) is 5.75 Å². The molecule has 0 unspecified atom stereocenters. The molecule has 0 spiro atoms. The van der Waals surface area contributed by atoms with Crippen LogP contribution in [0.1, 0.15) is 15.9 Å². The predicted octanol–water partition coefficient (Wildman–Crippen LogP) is -1.74. The van der Waals surface area contributed by atoms with Gasteiger partial charge in [-0.15, -0.1) is 0 Å². The number of carboxylic acid groups (broad SMARTS) is 1. The molecule has 1 atom stereocenters. The fraction of sp³-hybridized carbons (Fsp3) is 0.400. The molecule has 1 aromatic rings. The number of carbonyl (C=O) groups is 3. The number of hydrogen-bond donors (Lipinski definition) is 4. The molecule has 0 radical (unpaired) electrons. The Labute approximate surface area is 144 Å². The van der Waals surface area contributed by atoms with Crippen molar-refractivity contribution in [2.24, 2.45) is 0 Å². The molecule has 0 aliphatic carbocycles. The predicted molar refractivity (Wildman–Crippen MR) is 87.1 cm³/mol. The van der Waals surface area contributed by atoms with Crippen LogP contribution in [0, 0.1) is 0 Å². The van der Waals surface area contributed by atoms with Crippen molar-refractivity contribution < 1.29 is 29.2 Å². The van der Waals surface area contributed by atoms with Crippen molar-refractivity contribution in [1.29, 1.82) is 0 Å². The third-order valence-corrected chi connectivity index (χ3v) is 4.22. The number of rotatable bonds is 4. The van der Waals surface area contributed by atoms with Crippen molar-refractivity contribution in [2.75, 3.05) is 26.2 Å². The number of carboxylic acids is 1. The van der Waals surface area contributed by atoms with E-state index in [4.69, 9.17) is 4.65 Å². The minimum atomic E-state index is -1.37. The van der Waals surface area contributed by atoms with E-state index in [1.807, 2.05) is 0 Å². The van der Waals surface area contributed by atoms with E-state index in [1.165, 1.54) is 11.0 Å². The number of amides is 2. The Morgan fingerprint density at radius 1 is 1.44 bits per heavy atom. The van der Waals surface area contributed by atoms with Crippen molar-refractivity contribution in [1.82, 2.24) is 15.5 Å². The van der Waals surface area contributed by atoms with E-state index >= 15 is 0 Å². The molecule has 3 rings (SSSR count). The number of para-hydroxylation sites is 1. The summed E-state index contributed by atoms with van der Waals surface area (Å²) in [4.78, 5) is 36.5. The van der Waals surface area contributed by atoms with Crippen LogP contribution in [0.5, 0.6) is 5.75 Å². The SMILES string of the molecule is O=C(CN1CCNCC1=O)N[C@H]1Cc2cccc(C(=O)O)c2OB1O. The summed E-state index contributed by atoms with van der Waals surface area (Å²) < 4.78 is 5.32. The summed E-state index contributed by atoms with van der Waals surface area (Å²) in [5, 5.41) is 24.9. The molecule has 1 saturated heterocycles. The molecule has 1 fully saturated rings. The van der Waals surface area contributed by atoms with Crippen molar-refractivity contribution in [3.63, 3.8) is 0 Å². The Hall–Kier alpha value is -2.59. The third-order valence-electron chi connectivity index (χ3n) is 4.22. The molecule has 2 aliphatic rings. The van der Waals surface area contributed by atoms with Crippen molar-refractivity contribution in [3.8, 4) is 5.75 Å². The van der Waals surface area contributed by atoms with Crippen LogP contribution >= 0.6 is 0 Å². The molecule has 0 bridgehead atoms. The first kappa shape index (κ1) is 17.2. The van der Waals surface area contributed by atoms with E-state index in [9.17, 15) is 24.5 Å². The van der Waals surface area contributed by atoms with Gasteiger partial charge in [0.05, 0.1) is 24.6 Å². The first-order chi connectivity index (χ1) is 12.0. The van der Waals surface area contributed by atoms with E-state index in [1.54, 1.807) is 12.1 Å². The van der Waals surface area contributed by atoms with Crippen LogP contribution in [-0.2, 0) is 16.0 Å². The standard InChI is InChI=1S/C15H18BN3O6/c20-12(8-19-5-4-17-7-13(19)21)18-11-6-9-2-1-3-10(15(22)23)14(9)25-16(11)24/h1-3,11,17,24H,4-8H2,(H,18,20)(H,22,23)/t11-/m0/s1. The van der Waals surface area contributed by atoms with Gasteiger partial charge in [-0.2, -0.15) is 0 Å². The van der Waals surface area contributed by atoms with Crippen LogP contribution in [0.2, 0.25) is 0 Å². The summed E-state index contributed by atoms with van der Waals surface area (Å²) in [6.07, 6.45) is 0.235. The normalized spacial score (nSPS) is 19.9. The van der Waals surface area contributed by atoms with Crippen LogP contribution in [0.25, 0.3) is 0 Å². The van der Waals surface area contributed by atoms with Gasteiger partial charge < -0.3 is 30.3 Å². The molecule has 2 amide bonds. The van der Waals surface area contributed by atoms with Gasteiger partial charge in [-0.25, -0.2) is 4.79 Å². The molecule has 1 aromatic carbocycles. The quantitative estimate of drug-likeness (QED) is 0.476. The lowest BCUT2D eigenvalue weighted by Gasteiger charge is -2.30. The molecule has 0 aromatic heterocycles. The van der Waals surface area contributed by atoms with E-state index in [2.05, 4.69) is 10.6 Å². The molecule has 10 heteroatoms. The largest absolute Gasteiger partial charge is 0.547 e.